The van der Waals surface area contributed by atoms with E-state index < -0.39 is 5.97 Å². The SMILES string of the molecule is CCOC(=O)c1c(C)cc(OCc2ccccc2)c(Br)c1O. The van der Waals surface area contributed by atoms with E-state index in [1.165, 1.54) is 0 Å². The second-order valence-electron chi connectivity index (χ2n) is 4.72. The van der Waals surface area contributed by atoms with Crippen LogP contribution in [0.3, 0.4) is 0 Å². The van der Waals surface area contributed by atoms with Crippen molar-refractivity contribution < 1.29 is 19.4 Å². The first-order chi connectivity index (χ1) is 10.5. The highest BCUT2D eigenvalue weighted by Crippen LogP contribution is 2.39. The van der Waals surface area contributed by atoms with E-state index in [1.807, 2.05) is 30.3 Å². The molecule has 0 aliphatic heterocycles. The van der Waals surface area contributed by atoms with E-state index in [2.05, 4.69) is 15.9 Å². The number of phenols is 1. The lowest BCUT2D eigenvalue weighted by molar-refractivity contribution is 0.0522. The van der Waals surface area contributed by atoms with E-state index in [9.17, 15) is 9.90 Å². The van der Waals surface area contributed by atoms with Crippen LogP contribution in [0.5, 0.6) is 11.5 Å². The molecule has 116 valence electrons. The molecule has 0 unspecified atom stereocenters. The van der Waals surface area contributed by atoms with Gasteiger partial charge in [-0.1, -0.05) is 30.3 Å². The smallest absolute Gasteiger partial charge is 0.342 e. The first-order valence-electron chi connectivity index (χ1n) is 6.90. The number of rotatable bonds is 5. The quantitative estimate of drug-likeness (QED) is 0.807. The van der Waals surface area contributed by atoms with E-state index >= 15 is 0 Å². The summed E-state index contributed by atoms with van der Waals surface area (Å²) in [4.78, 5) is 11.9. The van der Waals surface area contributed by atoms with E-state index in [-0.39, 0.29) is 17.9 Å². The second kappa shape index (κ2) is 7.31. The number of aromatic hydroxyl groups is 1. The highest BCUT2D eigenvalue weighted by atomic mass is 79.9. The largest absolute Gasteiger partial charge is 0.506 e. The number of hydrogen-bond acceptors (Lipinski definition) is 4. The van der Waals surface area contributed by atoms with E-state index in [4.69, 9.17) is 9.47 Å². The number of esters is 1. The van der Waals surface area contributed by atoms with Gasteiger partial charge in [0.15, 0.2) is 0 Å². The Morgan fingerprint density at radius 1 is 1.27 bits per heavy atom. The first-order valence-corrected chi connectivity index (χ1v) is 7.69. The van der Waals surface area contributed by atoms with Gasteiger partial charge in [-0.15, -0.1) is 0 Å². The molecule has 4 nitrogen and oxygen atoms in total. The average Bonchev–Trinajstić information content (AvgIpc) is 2.51. The summed E-state index contributed by atoms with van der Waals surface area (Å²) >= 11 is 3.28. The van der Waals surface area contributed by atoms with Crippen molar-refractivity contribution in [3.8, 4) is 11.5 Å². The molecule has 2 aromatic rings. The zero-order chi connectivity index (χ0) is 16.1. The van der Waals surface area contributed by atoms with Crippen LogP contribution >= 0.6 is 15.9 Å². The molecule has 0 atom stereocenters. The number of carbonyl (C=O) groups is 1. The van der Waals surface area contributed by atoms with Crippen molar-refractivity contribution in [2.45, 2.75) is 20.5 Å². The van der Waals surface area contributed by atoms with Crippen LogP contribution in [0, 0.1) is 6.92 Å². The maximum atomic E-state index is 11.9. The Bertz CT molecular complexity index is 668. The van der Waals surface area contributed by atoms with Crippen LogP contribution in [0.2, 0.25) is 0 Å². The molecule has 0 saturated heterocycles. The molecule has 0 heterocycles. The van der Waals surface area contributed by atoms with Crippen LogP contribution in [0.1, 0.15) is 28.4 Å². The number of phenolic OH excluding ortho intramolecular Hbond substituents is 1. The summed E-state index contributed by atoms with van der Waals surface area (Å²) in [6, 6.07) is 11.4. The van der Waals surface area contributed by atoms with Gasteiger partial charge in [0.1, 0.15) is 28.1 Å². The lowest BCUT2D eigenvalue weighted by atomic mass is 10.1. The zero-order valence-electron chi connectivity index (χ0n) is 12.4. The summed E-state index contributed by atoms with van der Waals surface area (Å²) < 4.78 is 11.0. The van der Waals surface area contributed by atoms with Crippen LogP contribution in [0.15, 0.2) is 40.9 Å². The minimum Gasteiger partial charge on any atom is -0.506 e. The van der Waals surface area contributed by atoms with Gasteiger partial charge in [0.05, 0.1) is 6.61 Å². The van der Waals surface area contributed by atoms with Crippen molar-refractivity contribution in [3.63, 3.8) is 0 Å². The first kappa shape index (κ1) is 16.4. The van der Waals surface area contributed by atoms with Crippen molar-refractivity contribution in [2.75, 3.05) is 6.61 Å². The summed E-state index contributed by atoms with van der Waals surface area (Å²) in [5.74, 6) is -0.235. The number of carbonyl (C=O) groups excluding carboxylic acids is 1. The molecule has 0 amide bonds. The molecular formula is C17H17BrO4. The van der Waals surface area contributed by atoms with E-state index in [1.54, 1.807) is 19.9 Å². The molecule has 0 saturated carbocycles. The van der Waals surface area contributed by atoms with Gasteiger partial charge in [0.25, 0.3) is 0 Å². The fraction of sp³-hybridized carbons (Fsp3) is 0.235. The minimum atomic E-state index is -0.548. The van der Waals surface area contributed by atoms with Crippen molar-refractivity contribution in [1.82, 2.24) is 0 Å². The Kier molecular flexibility index (Phi) is 5.44. The predicted octanol–water partition coefficient (Wildman–Crippen LogP) is 4.22. The molecule has 22 heavy (non-hydrogen) atoms. The van der Waals surface area contributed by atoms with Crippen LogP contribution in [0.4, 0.5) is 0 Å². The Balaban J connectivity index is 2.25. The van der Waals surface area contributed by atoms with Crippen molar-refractivity contribution >= 4 is 21.9 Å². The van der Waals surface area contributed by atoms with Crippen LogP contribution in [0.25, 0.3) is 0 Å². The maximum Gasteiger partial charge on any atom is 0.342 e. The maximum absolute atomic E-state index is 11.9. The molecule has 0 fully saturated rings. The number of ether oxygens (including phenoxy) is 2. The van der Waals surface area contributed by atoms with Crippen LogP contribution in [-0.2, 0) is 11.3 Å². The monoisotopic (exact) mass is 364 g/mol. The molecule has 0 spiro atoms. The van der Waals surface area contributed by atoms with Crippen molar-refractivity contribution in [3.05, 3.63) is 57.6 Å². The van der Waals surface area contributed by atoms with Crippen LogP contribution in [-0.4, -0.2) is 17.7 Å². The molecule has 5 heteroatoms. The summed E-state index contributed by atoms with van der Waals surface area (Å²) in [7, 11) is 0. The third-order valence-corrected chi connectivity index (χ3v) is 3.89. The minimum absolute atomic E-state index is 0.154. The van der Waals surface area contributed by atoms with E-state index in [0.717, 1.165) is 5.56 Å². The number of benzene rings is 2. The number of hydrogen-bond donors (Lipinski definition) is 1. The second-order valence-corrected chi connectivity index (χ2v) is 5.52. The molecule has 2 rings (SSSR count). The zero-order valence-corrected chi connectivity index (χ0v) is 14.0. The fourth-order valence-corrected chi connectivity index (χ4v) is 2.47. The molecule has 0 aromatic heterocycles. The molecular weight excluding hydrogens is 348 g/mol. The summed E-state index contributed by atoms with van der Waals surface area (Å²) in [6.45, 7) is 4.07. The Hall–Kier alpha value is -2.01. The third kappa shape index (κ3) is 3.60. The van der Waals surface area contributed by atoms with Crippen molar-refractivity contribution in [1.29, 1.82) is 0 Å². The van der Waals surface area contributed by atoms with Gasteiger partial charge in [-0.3, -0.25) is 0 Å². The third-order valence-electron chi connectivity index (χ3n) is 3.12. The van der Waals surface area contributed by atoms with Gasteiger partial charge in [-0.25, -0.2) is 4.79 Å². The lowest BCUT2D eigenvalue weighted by Crippen LogP contribution is -2.08. The van der Waals surface area contributed by atoms with Gasteiger partial charge in [0, 0.05) is 0 Å². The van der Waals surface area contributed by atoms with Crippen molar-refractivity contribution in [2.24, 2.45) is 0 Å². The fourth-order valence-electron chi connectivity index (χ4n) is 2.05. The van der Waals surface area contributed by atoms with Gasteiger partial charge < -0.3 is 14.6 Å². The normalized spacial score (nSPS) is 10.3. The Morgan fingerprint density at radius 2 is 1.95 bits per heavy atom. The van der Waals surface area contributed by atoms with Gasteiger partial charge in [-0.2, -0.15) is 0 Å². The standard InChI is InChI=1S/C17H17BrO4/c1-3-21-17(20)14-11(2)9-13(15(18)16(14)19)22-10-12-7-5-4-6-8-12/h4-9,19H,3,10H2,1-2H3. The molecule has 0 radical (unpaired) electrons. The number of aryl methyl sites for hydroxylation is 1. The molecule has 0 bridgehead atoms. The highest BCUT2D eigenvalue weighted by Gasteiger charge is 2.21. The molecule has 0 aliphatic carbocycles. The van der Waals surface area contributed by atoms with Crippen LogP contribution < -0.4 is 4.74 Å². The van der Waals surface area contributed by atoms with Gasteiger partial charge in [0.2, 0.25) is 0 Å². The summed E-state index contributed by atoms with van der Waals surface area (Å²) in [5, 5.41) is 10.2. The Labute approximate surface area is 137 Å². The topological polar surface area (TPSA) is 55.8 Å². The average molecular weight is 365 g/mol. The number of halogens is 1. The highest BCUT2D eigenvalue weighted by molar-refractivity contribution is 9.10. The summed E-state index contributed by atoms with van der Waals surface area (Å²) in [6.07, 6.45) is 0. The van der Waals surface area contributed by atoms with Gasteiger partial charge >= 0.3 is 5.97 Å². The summed E-state index contributed by atoms with van der Waals surface area (Å²) in [5.41, 5.74) is 1.77. The molecule has 2 aromatic carbocycles. The lowest BCUT2D eigenvalue weighted by Gasteiger charge is -2.14. The Morgan fingerprint density at radius 3 is 2.59 bits per heavy atom. The van der Waals surface area contributed by atoms with E-state index in [0.29, 0.717) is 22.4 Å². The molecule has 0 aliphatic rings. The predicted molar refractivity (Wildman–Crippen MR) is 87.3 cm³/mol. The van der Waals surface area contributed by atoms with Gasteiger partial charge in [-0.05, 0) is 47.0 Å². The molecule has 1 N–H and O–H groups in total.